The van der Waals surface area contributed by atoms with E-state index in [2.05, 4.69) is 25.6 Å². The number of carbonyl (C=O) groups excluding carboxylic acids is 1. The van der Waals surface area contributed by atoms with Gasteiger partial charge in [0.2, 0.25) is 5.88 Å². The van der Waals surface area contributed by atoms with Crippen LogP contribution in [-0.4, -0.2) is 25.6 Å². The van der Waals surface area contributed by atoms with Gasteiger partial charge in [0.1, 0.15) is 24.2 Å². The molecule has 2 aromatic heterocycles. The number of hydrogen-bond donors (Lipinski definition) is 2. The predicted molar refractivity (Wildman–Crippen MR) is 114 cm³/mol. The lowest BCUT2D eigenvalue weighted by atomic mass is 10.1. The van der Waals surface area contributed by atoms with E-state index < -0.39 is 0 Å². The zero-order valence-corrected chi connectivity index (χ0v) is 16.5. The molecule has 8 heteroatoms. The number of carbonyl (C=O) groups is 1. The van der Waals surface area contributed by atoms with Crippen LogP contribution in [0.2, 0.25) is 0 Å². The molecule has 0 aliphatic carbocycles. The molecular weight excluding hydrogens is 380 g/mol. The number of ether oxygens (including phenoxy) is 1. The number of nitrogens with zero attached hydrogens (tertiary/aromatic N) is 4. The van der Waals surface area contributed by atoms with E-state index in [1.807, 2.05) is 32.0 Å². The number of benzene rings is 2. The second-order valence-corrected chi connectivity index (χ2v) is 6.71. The van der Waals surface area contributed by atoms with Crippen LogP contribution in [0.15, 0.2) is 73.6 Å². The molecule has 0 spiro atoms. The predicted octanol–water partition coefficient (Wildman–Crippen LogP) is 4.72. The first-order valence-electron chi connectivity index (χ1n) is 9.30. The highest BCUT2D eigenvalue weighted by Gasteiger charge is 2.07. The van der Waals surface area contributed by atoms with Gasteiger partial charge in [-0.3, -0.25) is 4.57 Å². The van der Waals surface area contributed by atoms with Crippen LogP contribution in [0, 0.1) is 13.8 Å². The van der Waals surface area contributed by atoms with Gasteiger partial charge >= 0.3 is 6.03 Å². The molecule has 0 unspecified atom stereocenters. The monoisotopic (exact) mass is 400 g/mol. The van der Waals surface area contributed by atoms with Crippen molar-refractivity contribution in [3.8, 4) is 17.4 Å². The summed E-state index contributed by atoms with van der Waals surface area (Å²) in [5, 5.41) is 5.66. The number of urea groups is 1. The molecule has 0 saturated heterocycles. The van der Waals surface area contributed by atoms with Gasteiger partial charge in [0, 0.05) is 29.8 Å². The van der Waals surface area contributed by atoms with Gasteiger partial charge in [0.25, 0.3) is 0 Å². The van der Waals surface area contributed by atoms with Crippen LogP contribution < -0.4 is 15.4 Å². The highest BCUT2D eigenvalue weighted by Crippen LogP contribution is 2.23. The normalized spacial score (nSPS) is 10.5. The Morgan fingerprint density at radius 2 is 1.83 bits per heavy atom. The maximum atomic E-state index is 12.3. The molecule has 0 fully saturated rings. The quantitative estimate of drug-likeness (QED) is 0.506. The average Bonchev–Trinajstić information content (AvgIpc) is 3.27. The standard InChI is InChI=1S/C22H20N6O2/c1-15-3-8-19(16(2)11-15)27-22(29)26-17-4-6-18(7-5-17)30-21-12-20(24-13-25-21)28-10-9-23-14-28/h3-14H,1-2H3,(H2,26,27,29). The Morgan fingerprint density at radius 3 is 2.57 bits per heavy atom. The van der Waals surface area contributed by atoms with Gasteiger partial charge in [0.05, 0.1) is 0 Å². The number of amides is 2. The Kier molecular flexibility index (Phi) is 5.38. The van der Waals surface area contributed by atoms with Crippen molar-refractivity contribution in [2.24, 2.45) is 0 Å². The second kappa shape index (κ2) is 8.44. The third kappa shape index (κ3) is 4.61. The lowest BCUT2D eigenvalue weighted by Crippen LogP contribution is -2.19. The molecule has 0 bridgehead atoms. The van der Waals surface area contributed by atoms with E-state index >= 15 is 0 Å². The van der Waals surface area contributed by atoms with Crippen molar-refractivity contribution in [3.63, 3.8) is 0 Å². The Labute approximate surface area is 173 Å². The molecule has 4 aromatic rings. The third-order valence-electron chi connectivity index (χ3n) is 4.36. The molecule has 2 heterocycles. The summed E-state index contributed by atoms with van der Waals surface area (Å²) in [4.78, 5) is 24.6. The van der Waals surface area contributed by atoms with E-state index in [0.29, 0.717) is 23.1 Å². The molecule has 0 saturated carbocycles. The Hall–Kier alpha value is -4.20. The maximum absolute atomic E-state index is 12.3. The van der Waals surface area contributed by atoms with E-state index in [1.165, 1.54) is 6.33 Å². The van der Waals surface area contributed by atoms with Gasteiger partial charge in [-0.25, -0.2) is 19.7 Å². The summed E-state index contributed by atoms with van der Waals surface area (Å²) in [6, 6.07) is 14.3. The summed E-state index contributed by atoms with van der Waals surface area (Å²) in [7, 11) is 0. The molecule has 0 atom stereocenters. The van der Waals surface area contributed by atoms with Crippen LogP contribution in [0.1, 0.15) is 11.1 Å². The Balaban J connectivity index is 1.38. The third-order valence-corrected chi connectivity index (χ3v) is 4.36. The molecule has 4 rings (SSSR count). The molecule has 2 aromatic carbocycles. The van der Waals surface area contributed by atoms with Crippen molar-refractivity contribution in [2.45, 2.75) is 13.8 Å². The van der Waals surface area contributed by atoms with Crippen molar-refractivity contribution in [3.05, 3.63) is 84.7 Å². The largest absolute Gasteiger partial charge is 0.439 e. The minimum atomic E-state index is -0.309. The maximum Gasteiger partial charge on any atom is 0.323 e. The fourth-order valence-corrected chi connectivity index (χ4v) is 2.89. The minimum Gasteiger partial charge on any atom is -0.439 e. The summed E-state index contributed by atoms with van der Waals surface area (Å²) < 4.78 is 7.55. The summed E-state index contributed by atoms with van der Waals surface area (Å²) in [6.45, 7) is 3.97. The van der Waals surface area contributed by atoms with Crippen molar-refractivity contribution in [2.75, 3.05) is 10.6 Å². The van der Waals surface area contributed by atoms with Gasteiger partial charge in [-0.05, 0) is 49.7 Å². The van der Waals surface area contributed by atoms with Gasteiger partial charge in [0.15, 0.2) is 0 Å². The number of aryl methyl sites for hydroxylation is 2. The zero-order valence-electron chi connectivity index (χ0n) is 16.5. The van der Waals surface area contributed by atoms with Gasteiger partial charge in [-0.1, -0.05) is 17.7 Å². The number of nitrogens with one attached hydrogen (secondary N) is 2. The lowest BCUT2D eigenvalue weighted by molar-refractivity contribution is 0.262. The highest BCUT2D eigenvalue weighted by molar-refractivity contribution is 6.00. The molecular formula is C22H20N6O2. The topological polar surface area (TPSA) is 94.0 Å². The van der Waals surface area contributed by atoms with Crippen molar-refractivity contribution in [1.82, 2.24) is 19.5 Å². The van der Waals surface area contributed by atoms with E-state index in [4.69, 9.17) is 4.74 Å². The Morgan fingerprint density at radius 1 is 1.00 bits per heavy atom. The van der Waals surface area contributed by atoms with E-state index in [-0.39, 0.29) is 6.03 Å². The summed E-state index contributed by atoms with van der Waals surface area (Å²) >= 11 is 0. The summed E-state index contributed by atoms with van der Waals surface area (Å²) in [6.07, 6.45) is 6.54. The molecule has 150 valence electrons. The van der Waals surface area contributed by atoms with Crippen molar-refractivity contribution < 1.29 is 9.53 Å². The van der Waals surface area contributed by atoms with Crippen LogP contribution in [0.3, 0.4) is 0 Å². The smallest absolute Gasteiger partial charge is 0.323 e. The number of hydrogen-bond acceptors (Lipinski definition) is 5. The number of anilines is 2. The van der Waals surface area contributed by atoms with Crippen LogP contribution >= 0.6 is 0 Å². The molecule has 2 amide bonds. The van der Waals surface area contributed by atoms with Crippen molar-refractivity contribution in [1.29, 1.82) is 0 Å². The SMILES string of the molecule is Cc1ccc(NC(=O)Nc2ccc(Oc3cc(-n4ccnc4)ncn3)cc2)c(C)c1. The molecule has 2 N–H and O–H groups in total. The lowest BCUT2D eigenvalue weighted by Gasteiger charge is -2.11. The molecule has 8 nitrogen and oxygen atoms in total. The van der Waals surface area contributed by atoms with Crippen molar-refractivity contribution >= 4 is 17.4 Å². The van der Waals surface area contributed by atoms with Crippen LogP contribution in [0.4, 0.5) is 16.2 Å². The minimum absolute atomic E-state index is 0.309. The summed E-state index contributed by atoms with van der Waals surface area (Å²) in [5.74, 6) is 1.64. The number of rotatable bonds is 5. The van der Waals surface area contributed by atoms with Gasteiger partial charge in [-0.2, -0.15) is 0 Å². The van der Waals surface area contributed by atoms with Crippen LogP contribution in [0.25, 0.3) is 5.82 Å². The fraction of sp³-hybridized carbons (Fsp3) is 0.0909. The van der Waals surface area contributed by atoms with Crippen LogP contribution in [-0.2, 0) is 0 Å². The first kappa shape index (κ1) is 19.1. The first-order chi connectivity index (χ1) is 14.6. The van der Waals surface area contributed by atoms with E-state index in [9.17, 15) is 4.79 Å². The van der Waals surface area contributed by atoms with Gasteiger partial charge in [-0.15, -0.1) is 0 Å². The molecule has 0 aliphatic heterocycles. The molecule has 0 aliphatic rings. The van der Waals surface area contributed by atoms with Crippen LogP contribution in [0.5, 0.6) is 11.6 Å². The molecule has 0 radical (unpaired) electrons. The fourth-order valence-electron chi connectivity index (χ4n) is 2.89. The average molecular weight is 400 g/mol. The second-order valence-electron chi connectivity index (χ2n) is 6.71. The van der Waals surface area contributed by atoms with Gasteiger partial charge < -0.3 is 15.4 Å². The Bertz CT molecular complexity index is 1160. The number of imidazole rings is 1. The summed E-state index contributed by atoms with van der Waals surface area (Å²) in [5.41, 5.74) is 3.57. The zero-order chi connectivity index (χ0) is 20.9. The highest BCUT2D eigenvalue weighted by atomic mass is 16.5. The van der Waals surface area contributed by atoms with E-state index in [0.717, 1.165) is 16.8 Å². The van der Waals surface area contributed by atoms with E-state index in [1.54, 1.807) is 53.6 Å². The first-order valence-corrected chi connectivity index (χ1v) is 9.30. The number of aromatic nitrogens is 4. The molecule has 30 heavy (non-hydrogen) atoms.